The summed E-state index contributed by atoms with van der Waals surface area (Å²) in [6.45, 7) is 1.47. The lowest BCUT2D eigenvalue weighted by molar-refractivity contribution is 0.0978. The number of aromatic nitrogens is 4. The molecule has 0 unspecified atom stereocenters. The number of imidazole rings is 1. The van der Waals surface area contributed by atoms with E-state index < -0.39 is 0 Å². The normalized spacial score (nSPS) is 11.2. The highest BCUT2D eigenvalue weighted by Gasteiger charge is 2.13. The van der Waals surface area contributed by atoms with Gasteiger partial charge in [-0.25, -0.2) is 14.4 Å². The van der Waals surface area contributed by atoms with Gasteiger partial charge in [0.2, 0.25) is 0 Å². The van der Waals surface area contributed by atoms with Gasteiger partial charge in [0, 0.05) is 37.5 Å². The van der Waals surface area contributed by atoms with Crippen molar-refractivity contribution in [3.05, 3.63) is 76.0 Å². The van der Waals surface area contributed by atoms with Crippen LogP contribution < -0.4 is 5.32 Å². The first kappa shape index (κ1) is 19.4. The Morgan fingerprint density at radius 2 is 2.10 bits per heavy atom. The second-order valence-corrected chi connectivity index (χ2v) is 7.57. The molecule has 4 rings (SSSR count). The molecule has 0 aliphatic carbocycles. The van der Waals surface area contributed by atoms with Crippen LogP contribution in [-0.4, -0.2) is 32.3 Å². The SMILES string of the molecule is O=C(CCc1ncccc1F)c1csc(CCNCc2cccc3[nH]cnc23)n1. The van der Waals surface area contributed by atoms with Crippen molar-refractivity contribution in [1.82, 2.24) is 25.3 Å². The molecule has 0 spiro atoms. The van der Waals surface area contributed by atoms with Crippen molar-refractivity contribution in [3.63, 3.8) is 0 Å². The largest absolute Gasteiger partial charge is 0.345 e. The molecule has 2 N–H and O–H groups in total. The Morgan fingerprint density at radius 1 is 1.17 bits per heavy atom. The number of ketones is 1. The van der Waals surface area contributed by atoms with E-state index >= 15 is 0 Å². The first-order chi connectivity index (χ1) is 14.2. The van der Waals surface area contributed by atoms with Crippen molar-refractivity contribution >= 4 is 28.2 Å². The van der Waals surface area contributed by atoms with Crippen molar-refractivity contribution in [2.75, 3.05) is 6.54 Å². The molecule has 0 amide bonds. The zero-order valence-electron chi connectivity index (χ0n) is 15.7. The van der Waals surface area contributed by atoms with Crippen LogP contribution in [0, 0.1) is 5.82 Å². The molecule has 8 heteroatoms. The molecule has 3 heterocycles. The fourth-order valence-corrected chi connectivity index (χ4v) is 3.91. The number of rotatable bonds is 9. The standard InChI is InChI=1S/C21H20FN5OS/c22-15-4-2-9-24-16(15)6-7-19(28)18-12-29-20(27-18)8-10-23-11-14-3-1-5-17-21(14)26-13-25-17/h1-5,9,12-13,23H,6-8,10-11H2,(H,25,26). The molecule has 4 aromatic rings. The molecule has 0 bridgehead atoms. The van der Waals surface area contributed by atoms with E-state index in [2.05, 4.69) is 31.3 Å². The summed E-state index contributed by atoms with van der Waals surface area (Å²) in [6, 6.07) is 8.96. The highest BCUT2D eigenvalue weighted by atomic mass is 32.1. The summed E-state index contributed by atoms with van der Waals surface area (Å²) in [5.74, 6) is -0.466. The number of nitrogens with one attached hydrogen (secondary N) is 2. The number of halogens is 1. The molecule has 6 nitrogen and oxygen atoms in total. The van der Waals surface area contributed by atoms with Crippen LogP contribution in [0.25, 0.3) is 11.0 Å². The van der Waals surface area contributed by atoms with E-state index in [9.17, 15) is 9.18 Å². The molecule has 0 aliphatic heterocycles. The zero-order chi connectivity index (χ0) is 20.1. The number of hydrogen-bond donors (Lipinski definition) is 2. The van der Waals surface area contributed by atoms with Crippen LogP contribution in [-0.2, 0) is 19.4 Å². The molecule has 29 heavy (non-hydrogen) atoms. The number of para-hydroxylation sites is 1. The van der Waals surface area contributed by atoms with E-state index in [0.717, 1.165) is 41.1 Å². The molecular formula is C21H20FN5OS. The number of aromatic amines is 1. The molecule has 0 saturated carbocycles. The minimum atomic E-state index is -0.379. The average molecular weight is 409 g/mol. The number of nitrogens with zero attached hydrogens (tertiary/aromatic N) is 3. The second kappa shape index (κ2) is 9.02. The number of hydrogen-bond acceptors (Lipinski definition) is 6. The van der Waals surface area contributed by atoms with Crippen LogP contribution in [0.1, 0.15) is 33.2 Å². The molecule has 1 aromatic carbocycles. The monoisotopic (exact) mass is 409 g/mol. The van der Waals surface area contributed by atoms with Crippen LogP contribution in [0.5, 0.6) is 0 Å². The third kappa shape index (κ3) is 4.72. The first-order valence-electron chi connectivity index (χ1n) is 9.39. The van der Waals surface area contributed by atoms with Gasteiger partial charge in [0.1, 0.15) is 11.5 Å². The van der Waals surface area contributed by atoms with Gasteiger partial charge in [0.15, 0.2) is 5.78 Å². The smallest absolute Gasteiger partial charge is 0.182 e. The van der Waals surface area contributed by atoms with Crippen LogP contribution in [0.2, 0.25) is 0 Å². The van der Waals surface area contributed by atoms with Crippen molar-refractivity contribution in [2.45, 2.75) is 25.8 Å². The first-order valence-corrected chi connectivity index (χ1v) is 10.3. The minimum absolute atomic E-state index is 0.0873. The fourth-order valence-electron chi connectivity index (χ4n) is 3.10. The topological polar surface area (TPSA) is 83.6 Å². The van der Waals surface area contributed by atoms with Crippen molar-refractivity contribution in [1.29, 1.82) is 0 Å². The van der Waals surface area contributed by atoms with E-state index in [1.165, 1.54) is 29.7 Å². The Labute approximate surface area is 171 Å². The summed E-state index contributed by atoms with van der Waals surface area (Å²) in [7, 11) is 0. The van der Waals surface area contributed by atoms with E-state index in [-0.39, 0.29) is 24.4 Å². The molecule has 0 radical (unpaired) electrons. The zero-order valence-corrected chi connectivity index (χ0v) is 16.5. The number of pyridine rings is 1. The third-order valence-corrected chi connectivity index (χ3v) is 5.53. The van der Waals surface area contributed by atoms with E-state index in [0.29, 0.717) is 11.4 Å². The van der Waals surface area contributed by atoms with E-state index in [4.69, 9.17) is 0 Å². The second-order valence-electron chi connectivity index (χ2n) is 6.62. The third-order valence-electron chi connectivity index (χ3n) is 4.63. The Balaban J connectivity index is 1.25. The highest BCUT2D eigenvalue weighted by Crippen LogP contribution is 2.16. The van der Waals surface area contributed by atoms with Gasteiger partial charge in [-0.05, 0) is 30.2 Å². The summed E-state index contributed by atoms with van der Waals surface area (Å²) in [4.78, 5) is 28.2. The summed E-state index contributed by atoms with van der Waals surface area (Å²) in [5, 5.41) is 6.08. The molecular weight excluding hydrogens is 389 g/mol. The van der Waals surface area contributed by atoms with Crippen LogP contribution >= 0.6 is 11.3 Å². The van der Waals surface area contributed by atoms with Gasteiger partial charge in [0.25, 0.3) is 0 Å². The number of benzene rings is 1. The number of Topliss-reactive ketones (excluding diaryl/α,β-unsaturated/α-hetero) is 1. The number of thiazole rings is 1. The Morgan fingerprint density at radius 3 is 3.00 bits per heavy atom. The minimum Gasteiger partial charge on any atom is -0.345 e. The van der Waals surface area contributed by atoms with Gasteiger partial charge in [-0.3, -0.25) is 9.78 Å². The van der Waals surface area contributed by atoms with Gasteiger partial charge >= 0.3 is 0 Å². The lowest BCUT2D eigenvalue weighted by Crippen LogP contribution is -2.17. The van der Waals surface area contributed by atoms with Gasteiger partial charge in [-0.2, -0.15) is 0 Å². The summed E-state index contributed by atoms with van der Waals surface area (Å²) >= 11 is 1.47. The number of aryl methyl sites for hydroxylation is 1. The molecule has 0 saturated heterocycles. The van der Waals surface area contributed by atoms with Gasteiger partial charge < -0.3 is 10.3 Å². The lowest BCUT2D eigenvalue weighted by atomic mass is 10.1. The number of fused-ring (bicyclic) bond motifs is 1. The van der Waals surface area contributed by atoms with Crippen LogP contribution in [0.4, 0.5) is 4.39 Å². The van der Waals surface area contributed by atoms with Gasteiger partial charge in [0.05, 0.1) is 28.1 Å². The summed E-state index contributed by atoms with van der Waals surface area (Å²) in [6.07, 6.45) is 4.44. The summed E-state index contributed by atoms with van der Waals surface area (Å²) in [5.41, 5.74) is 3.90. The van der Waals surface area contributed by atoms with Crippen LogP contribution in [0.15, 0.2) is 48.2 Å². The van der Waals surface area contributed by atoms with Gasteiger partial charge in [-0.1, -0.05) is 12.1 Å². The highest BCUT2D eigenvalue weighted by molar-refractivity contribution is 7.09. The molecule has 148 valence electrons. The Hall–Kier alpha value is -2.97. The van der Waals surface area contributed by atoms with Gasteiger partial charge in [-0.15, -0.1) is 11.3 Å². The molecule has 0 aliphatic rings. The predicted octanol–water partition coefficient (Wildman–Crippen LogP) is 3.70. The van der Waals surface area contributed by atoms with Crippen molar-refractivity contribution in [2.24, 2.45) is 0 Å². The number of carbonyl (C=O) groups excluding carboxylic acids is 1. The Bertz CT molecular complexity index is 1120. The fraction of sp³-hybridized carbons (Fsp3) is 0.238. The van der Waals surface area contributed by atoms with E-state index in [1.807, 2.05) is 12.1 Å². The molecule has 0 atom stereocenters. The number of carbonyl (C=O) groups is 1. The summed E-state index contributed by atoms with van der Waals surface area (Å²) < 4.78 is 13.6. The van der Waals surface area contributed by atoms with E-state index in [1.54, 1.807) is 11.7 Å². The maximum Gasteiger partial charge on any atom is 0.182 e. The molecule has 0 fully saturated rings. The average Bonchev–Trinajstić information content (AvgIpc) is 3.40. The van der Waals surface area contributed by atoms with Crippen molar-refractivity contribution in [3.8, 4) is 0 Å². The maximum atomic E-state index is 13.6. The van der Waals surface area contributed by atoms with Crippen LogP contribution in [0.3, 0.4) is 0 Å². The Kier molecular flexibility index (Phi) is 6.02. The molecule has 3 aromatic heterocycles. The van der Waals surface area contributed by atoms with Crippen molar-refractivity contribution < 1.29 is 9.18 Å². The predicted molar refractivity (Wildman–Crippen MR) is 110 cm³/mol. The lowest BCUT2D eigenvalue weighted by Gasteiger charge is -2.04. The number of H-pyrrole nitrogens is 1. The maximum absolute atomic E-state index is 13.6. The quantitative estimate of drug-likeness (QED) is 0.325.